The Bertz CT molecular complexity index is 1180. The Balaban J connectivity index is 1.87. The van der Waals surface area contributed by atoms with Gasteiger partial charge in [-0.25, -0.2) is 16.5 Å². The average molecular weight is 387 g/mol. The molecule has 0 saturated heterocycles. The maximum atomic E-state index is 7.04. The maximum absolute atomic E-state index is 7.04. The summed E-state index contributed by atoms with van der Waals surface area (Å²) in [6, 6.07) is 7.78. The number of hydrogen-bond donors (Lipinski definition) is 0. The third-order valence-electron chi connectivity index (χ3n) is 4.32. The fourth-order valence-corrected chi connectivity index (χ4v) is 3.17. The zero-order chi connectivity index (χ0) is 19.3. The highest BCUT2D eigenvalue weighted by molar-refractivity contribution is 6.32. The third kappa shape index (κ3) is 3.75. The van der Waals surface area contributed by atoms with Gasteiger partial charge in [-0.2, -0.15) is 10.2 Å². The Kier molecular flexibility index (Phi) is 5.09. The molecule has 0 fully saturated rings. The highest BCUT2D eigenvalue weighted by Gasteiger charge is 2.11. The molecule has 0 amide bonds. The molecule has 0 aliphatic heterocycles. The second-order valence-electron chi connectivity index (χ2n) is 6.14. The molecule has 4 aromatic rings. The molecule has 0 radical (unpaired) electrons. The topological polar surface area (TPSA) is 60.9 Å². The highest BCUT2D eigenvalue weighted by Crippen LogP contribution is 2.28. The van der Waals surface area contributed by atoms with E-state index in [1.165, 1.54) is 0 Å². The number of nitrogens with zero attached hydrogens (tertiary/aromatic N) is 6. The monoisotopic (exact) mass is 386 g/mol. The summed E-state index contributed by atoms with van der Waals surface area (Å²) in [6.45, 7) is 7.44. The number of fused-ring (bicyclic) bond motifs is 1. The van der Waals surface area contributed by atoms with E-state index >= 15 is 0 Å². The Labute approximate surface area is 167 Å². The van der Waals surface area contributed by atoms with Crippen LogP contribution in [0.5, 0.6) is 0 Å². The van der Waals surface area contributed by atoms with Gasteiger partial charge in [-0.3, -0.25) is 4.57 Å². The Hall–Kier alpha value is -3.56. The molecule has 28 heavy (non-hydrogen) atoms. The second-order valence-corrected chi connectivity index (χ2v) is 6.55. The number of imidazole rings is 1. The van der Waals surface area contributed by atoms with Crippen LogP contribution in [0.1, 0.15) is 16.7 Å². The summed E-state index contributed by atoms with van der Waals surface area (Å²) in [6.07, 6.45) is 13.2. The number of benzene rings is 1. The zero-order valence-corrected chi connectivity index (χ0v) is 15.6. The molecule has 0 bridgehead atoms. The molecule has 0 aliphatic rings. The third-order valence-corrected chi connectivity index (χ3v) is 4.67. The number of halogens is 1. The van der Waals surface area contributed by atoms with Gasteiger partial charge in [-0.15, -0.1) is 0 Å². The van der Waals surface area contributed by atoms with Crippen molar-refractivity contribution >= 4 is 34.7 Å². The van der Waals surface area contributed by atoms with Crippen molar-refractivity contribution in [2.45, 2.75) is 6.42 Å². The van der Waals surface area contributed by atoms with Gasteiger partial charge < -0.3 is 4.85 Å². The minimum Gasteiger partial charge on any atom is -0.317 e. The Morgan fingerprint density at radius 3 is 2.82 bits per heavy atom. The molecule has 3 aromatic heterocycles. The quantitative estimate of drug-likeness (QED) is 0.474. The minimum absolute atomic E-state index is 0.402. The maximum Gasteiger partial charge on any atom is 0.218 e. The van der Waals surface area contributed by atoms with Crippen LogP contribution >= 0.6 is 11.6 Å². The lowest BCUT2D eigenvalue weighted by atomic mass is 10.0. The predicted octanol–water partition coefficient (Wildman–Crippen LogP) is 4.50. The van der Waals surface area contributed by atoms with E-state index in [0.717, 1.165) is 33.4 Å². The highest BCUT2D eigenvalue weighted by atomic mass is 35.5. The molecule has 0 N–H and O–H groups in total. The molecular formula is C21H15ClN6. The molecule has 0 aliphatic carbocycles. The molecule has 6 nitrogen and oxygen atoms in total. The Morgan fingerprint density at radius 2 is 2.07 bits per heavy atom. The van der Waals surface area contributed by atoms with Gasteiger partial charge in [0.15, 0.2) is 0 Å². The van der Waals surface area contributed by atoms with Crippen LogP contribution in [0.4, 0.5) is 0 Å². The summed E-state index contributed by atoms with van der Waals surface area (Å²) in [7, 11) is 0. The van der Waals surface area contributed by atoms with Crippen LogP contribution in [-0.4, -0.2) is 31.3 Å². The number of hydrogen-bond acceptors (Lipinski definition) is 4. The number of rotatable bonds is 5. The first-order valence-corrected chi connectivity index (χ1v) is 9.02. The van der Waals surface area contributed by atoms with E-state index in [9.17, 15) is 0 Å². The van der Waals surface area contributed by atoms with E-state index in [-0.39, 0.29) is 0 Å². The molecule has 0 saturated carbocycles. The lowest BCUT2D eigenvalue weighted by Gasteiger charge is -2.10. The van der Waals surface area contributed by atoms with Crippen LogP contribution in [0.25, 0.3) is 33.7 Å². The lowest BCUT2D eigenvalue weighted by molar-refractivity contribution is 1.00. The summed E-state index contributed by atoms with van der Waals surface area (Å²) in [5.74, 6) is 0.752. The summed E-state index contributed by atoms with van der Waals surface area (Å²) in [5.41, 5.74) is 3.68. The molecule has 4 rings (SSSR count). The van der Waals surface area contributed by atoms with Crippen molar-refractivity contribution in [3.05, 3.63) is 88.5 Å². The van der Waals surface area contributed by atoms with Gasteiger partial charge in [0.25, 0.3) is 0 Å². The molecule has 0 unspecified atom stereocenters. The minimum atomic E-state index is 0.402. The smallest absolute Gasteiger partial charge is 0.218 e. The first-order valence-electron chi connectivity index (χ1n) is 8.64. The molecule has 136 valence electrons. The lowest BCUT2D eigenvalue weighted by Crippen LogP contribution is -1.98. The summed E-state index contributed by atoms with van der Waals surface area (Å²) in [5, 5.41) is 9.31. The van der Waals surface area contributed by atoms with E-state index in [1.807, 2.05) is 47.2 Å². The van der Waals surface area contributed by atoms with Gasteiger partial charge in [0, 0.05) is 29.2 Å². The molecule has 7 heteroatoms. The molecule has 0 spiro atoms. The van der Waals surface area contributed by atoms with Crippen LogP contribution in [0.2, 0.25) is 5.02 Å². The van der Waals surface area contributed by atoms with Crippen molar-refractivity contribution < 1.29 is 0 Å². The summed E-state index contributed by atoms with van der Waals surface area (Å²) < 4.78 is 1.85. The fourth-order valence-electron chi connectivity index (χ4n) is 2.92. The van der Waals surface area contributed by atoms with Gasteiger partial charge >= 0.3 is 0 Å². The summed E-state index contributed by atoms with van der Waals surface area (Å²) >= 11 is 6.45. The van der Waals surface area contributed by atoms with Gasteiger partial charge in [0.1, 0.15) is 12.1 Å². The Morgan fingerprint density at radius 1 is 1.14 bits per heavy atom. The van der Waals surface area contributed by atoms with Gasteiger partial charge in [0.05, 0.1) is 17.9 Å². The predicted molar refractivity (Wildman–Crippen MR) is 110 cm³/mol. The molecule has 1 aromatic carbocycles. The average Bonchev–Trinajstić information content (AvgIpc) is 3.26. The van der Waals surface area contributed by atoms with Crippen molar-refractivity contribution in [2.24, 2.45) is 0 Å². The van der Waals surface area contributed by atoms with Crippen LogP contribution < -0.4 is 0 Å². The summed E-state index contributed by atoms with van der Waals surface area (Å²) in [4.78, 5) is 12.3. The number of aromatic nitrogens is 5. The van der Waals surface area contributed by atoms with E-state index in [2.05, 4.69) is 20.0 Å². The van der Waals surface area contributed by atoms with Crippen molar-refractivity contribution in [3.63, 3.8) is 0 Å². The van der Waals surface area contributed by atoms with Crippen LogP contribution in [0.15, 0.2) is 55.4 Å². The standard InChI is InChI=1S/C21H15ClN6/c1-23-6-5-17-10-18-16(3-2-15-4-7-25-26-13-15)11-21(28-9-8-24-14-28)27-20(18)12-19(17)22/h2-4,7-14H,5-6H2/b3-2+. The molecule has 3 heterocycles. The van der Waals surface area contributed by atoms with E-state index < -0.39 is 0 Å². The van der Waals surface area contributed by atoms with Crippen LogP contribution in [0.3, 0.4) is 0 Å². The van der Waals surface area contributed by atoms with Crippen LogP contribution in [-0.2, 0) is 6.42 Å². The largest absolute Gasteiger partial charge is 0.317 e. The number of pyridine rings is 1. The second kappa shape index (κ2) is 7.99. The van der Waals surface area contributed by atoms with Crippen molar-refractivity contribution in [1.82, 2.24) is 24.7 Å². The zero-order valence-electron chi connectivity index (χ0n) is 14.8. The first-order chi connectivity index (χ1) is 13.7. The normalized spacial score (nSPS) is 11.1. The van der Waals surface area contributed by atoms with Gasteiger partial charge in [-0.1, -0.05) is 23.8 Å². The van der Waals surface area contributed by atoms with Gasteiger partial charge in [-0.05, 0) is 41.0 Å². The van der Waals surface area contributed by atoms with Crippen molar-refractivity contribution in [2.75, 3.05) is 6.54 Å². The van der Waals surface area contributed by atoms with E-state index in [4.69, 9.17) is 23.2 Å². The molecular weight excluding hydrogens is 372 g/mol. The molecule has 0 atom stereocenters. The first kappa shape index (κ1) is 17.8. The van der Waals surface area contributed by atoms with Crippen LogP contribution in [0, 0.1) is 6.57 Å². The van der Waals surface area contributed by atoms with Crippen molar-refractivity contribution in [1.29, 1.82) is 0 Å². The van der Waals surface area contributed by atoms with Gasteiger partial charge in [0.2, 0.25) is 6.54 Å². The van der Waals surface area contributed by atoms with Crippen molar-refractivity contribution in [3.8, 4) is 5.82 Å². The van der Waals surface area contributed by atoms with E-state index in [0.29, 0.717) is 18.0 Å². The van der Waals surface area contributed by atoms with E-state index in [1.54, 1.807) is 24.9 Å². The fraction of sp³-hybridized carbons (Fsp3) is 0.0952. The SMILES string of the molecule is [C-]#[N+]CCc1cc2c(/C=C/c3ccnnc3)cc(-n3ccnc3)nc2cc1Cl.